The Labute approximate surface area is 223 Å². The zero-order valence-electron chi connectivity index (χ0n) is 20.7. The minimum atomic E-state index is -5.19. The van der Waals surface area contributed by atoms with Crippen LogP contribution in [-0.4, -0.2) is 63.9 Å². The lowest BCUT2D eigenvalue weighted by molar-refractivity contribution is -0.862. The van der Waals surface area contributed by atoms with E-state index in [9.17, 15) is 31.9 Å². The van der Waals surface area contributed by atoms with Crippen molar-refractivity contribution in [1.29, 1.82) is 0 Å². The molecule has 0 bridgehead atoms. The van der Waals surface area contributed by atoms with Crippen LogP contribution in [0.1, 0.15) is 15.9 Å². The lowest BCUT2D eigenvalue weighted by atomic mass is 10.1. The number of para-hydroxylation sites is 1. The summed E-state index contributed by atoms with van der Waals surface area (Å²) < 4.78 is 55.0. The molecule has 0 spiro atoms. The molecule has 1 aliphatic heterocycles. The van der Waals surface area contributed by atoms with E-state index in [2.05, 4.69) is 14.9 Å². The van der Waals surface area contributed by atoms with Crippen LogP contribution < -0.4 is 19.9 Å². The first-order valence-electron chi connectivity index (χ1n) is 12.1. The van der Waals surface area contributed by atoms with Crippen LogP contribution >= 0.6 is 0 Å². The van der Waals surface area contributed by atoms with Crippen molar-refractivity contribution in [3.63, 3.8) is 0 Å². The smallest absolute Gasteiger partial charge is 0.332 e. The number of fused-ring (bicyclic) bond motifs is 1. The summed E-state index contributed by atoms with van der Waals surface area (Å²) in [6.45, 7) is 0.684. The predicted octanol–water partition coefficient (Wildman–Crippen LogP) is 1.75. The van der Waals surface area contributed by atoms with Crippen molar-refractivity contribution in [3.8, 4) is 0 Å². The summed E-state index contributed by atoms with van der Waals surface area (Å²) in [5.41, 5.74) is 0.806. The van der Waals surface area contributed by atoms with Crippen LogP contribution in [0, 0.1) is 5.82 Å². The van der Waals surface area contributed by atoms with E-state index in [0.717, 1.165) is 6.20 Å². The third kappa shape index (κ3) is 5.46. The fraction of sp³-hybridized carbons (Fsp3) is 0.231. The van der Waals surface area contributed by atoms with Crippen LogP contribution in [0.15, 0.2) is 71.9 Å². The first kappa shape index (κ1) is 26.7. The second-order valence-corrected chi connectivity index (χ2v) is 8.90. The van der Waals surface area contributed by atoms with Crippen molar-refractivity contribution in [2.45, 2.75) is 12.7 Å². The quantitative estimate of drug-likeness (QED) is 0.272. The molecule has 0 unspecified atom stereocenters. The summed E-state index contributed by atoms with van der Waals surface area (Å²) in [5.74, 6) is -3.73. The Balaban J connectivity index is 1.30. The van der Waals surface area contributed by atoms with E-state index < -0.39 is 23.9 Å². The number of anilines is 1. The van der Waals surface area contributed by atoms with E-state index in [1.54, 1.807) is 33.8 Å². The van der Waals surface area contributed by atoms with Gasteiger partial charge in [-0.05, 0) is 34.6 Å². The number of amides is 1. The third-order valence-electron chi connectivity index (χ3n) is 6.31. The Morgan fingerprint density at radius 1 is 1.02 bits per heavy atom. The molecule has 0 aliphatic carbocycles. The Morgan fingerprint density at radius 2 is 1.77 bits per heavy atom. The van der Waals surface area contributed by atoms with E-state index in [1.165, 1.54) is 41.6 Å². The van der Waals surface area contributed by atoms with Gasteiger partial charge < -0.3 is 4.90 Å². The molecule has 2 aromatic carbocycles. The number of hydrogen-bond donors (Lipinski definition) is 0. The van der Waals surface area contributed by atoms with Crippen LogP contribution in [0.3, 0.4) is 0 Å². The number of halogens is 4. The van der Waals surface area contributed by atoms with Gasteiger partial charge in [0.25, 0.3) is 5.91 Å². The van der Waals surface area contributed by atoms with Crippen LogP contribution in [-0.2, 0) is 11.3 Å². The molecule has 0 saturated carbocycles. The molecule has 40 heavy (non-hydrogen) atoms. The summed E-state index contributed by atoms with van der Waals surface area (Å²) in [6.07, 6.45) is -1.55. The SMILES string of the molecule is O=C(c1cc(Cn2ncc(=O)c3ccccc32)ccc1F)N1CCN(c2nccc[n+]2OC(=O)C(F)(F)F)CC1. The Kier molecular flexibility index (Phi) is 7.15. The summed E-state index contributed by atoms with van der Waals surface area (Å²) in [7, 11) is 0. The Hall–Kier alpha value is -4.88. The maximum absolute atomic E-state index is 14.8. The fourth-order valence-electron chi connectivity index (χ4n) is 4.36. The molecule has 0 N–H and O–H groups in total. The van der Waals surface area contributed by atoms with Gasteiger partial charge in [-0.1, -0.05) is 23.2 Å². The standard InChI is InChI=1S/C26H21F4N6O4/c27-20-7-6-17(16-35-21-5-2-1-4-18(21)22(37)15-32-35)14-19(20)23(38)33-10-12-34(13-11-33)25-31-8-3-9-36(25)40-24(39)26(28,29)30/h1-9,14-15H,10-13,16H2/q+1. The Morgan fingerprint density at radius 3 is 2.52 bits per heavy atom. The number of nitrogens with zero attached hydrogens (tertiary/aromatic N) is 6. The van der Waals surface area contributed by atoms with E-state index in [-0.39, 0.29) is 49.7 Å². The summed E-state index contributed by atoms with van der Waals surface area (Å²) in [6, 6.07) is 12.4. The van der Waals surface area contributed by atoms with E-state index in [4.69, 9.17) is 0 Å². The maximum Gasteiger partial charge on any atom is 0.495 e. The average Bonchev–Trinajstić information content (AvgIpc) is 2.95. The minimum Gasteiger partial charge on any atom is -0.332 e. The van der Waals surface area contributed by atoms with Gasteiger partial charge in [-0.25, -0.2) is 9.18 Å². The highest BCUT2D eigenvalue weighted by Gasteiger charge is 2.44. The van der Waals surface area contributed by atoms with Gasteiger partial charge in [0.05, 0.1) is 50.0 Å². The van der Waals surface area contributed by atoms with Crippen molar-refractivity contribution in [1.82, 2.24) is 19.7 Å². The third-order valence-corrected chi connectivity index (χ3v) is 6.31. The molecule has 10 nitrogen and oxygen atoms in total. The fourth-order valence-corrected chi connectivity index (χ4v) is 4.36. The van der Waals surface area contributed by atoms with E-state index in [0.29, 0.717) is 21.2 Å². The van der Waals surface area contributed by atoms with Gasteiger partial charge in [0.1, 0.15) is 18.2 Å². The highest BCUT2D eigenvalue weighted by atomic mass is 19.4. The highest BCUT2D eigenvalue weighted by Crippen LogP contribution is 2.19. The lowest BCUT2D eigenvalue weighted by Crippen LogP contribution is -2.57. The van der Waals surface area contributed by atoms with E-state index in [1.807, 2.05) is 0 Å². The monoisotopic (exact) mass is 557 g/mol. The van der Waals surface area contributed by atoms with Crippen molar-refractivity contribution >= 4 is 28.7 Å². The highest BCUT2D eigenvalue weighted by molar-refractivity contribution is 5.95. The molecule has 1 fully saturated rings. The Bertz CT molecular complexity index is 1650. The van der Waals surface area contributed by atoms with Crippen LogP contribution in [0.25, 0.3) is 10.9 Å². The van der Waals surface area contributed by atoms with Crippen molar-refractivity contribution < 1.29 is 36.7 Å². The lowest BCUT2D eigenvalue weighted by Gasteiger charge is -2.31. The van der Waals surface area contributed by atoms with Gasteiger partial charge in [-0.15, -0.1) is 0 Å². The molecule has 1 aliphatic rings. The van der Waals surface area contributed by atoms with Gasteiger partial charge >= 0.3 is 18.1 Å². The maximum atomic E-state index is 14.8. The molecule has 4 aromatic rings. The molecule has 14 heteroatoms. The number of alkyl halides is 3. The van der Waals surface area contributed by atoms with Gasteiger partial charge in [0, 0.05) is 11.5 Å². The number of aromatic nitrogens is 4. The molecule has 0 atom stereocenters. The normalized spacial score (nSPS) is 13.9. The minimum absolute atomic E-state index is 0.0544. The van der Waals surface area contributed by atoms with Gasteiger partial charge in [-0.3, -0.25) is 24.0 Å². The first-order valence-corrected chi connectivity index (χ1v) is 12.1. The number of rotatable bonds is 5. The van der Waals surface area contributed by atoms with Crippen molar-refractivity contribution in [3.05, 3.63) is 94.3 Å². The van der Waals surface area contributed by atoms with Crippen LogP contribution in [0.2, 0.25) is 0 Å². The molecule has 1 amide bonds. The molecule has 3 heterocycles. The summed E-state index contributed by atoms with van der Waals surface area (Å²) >= 11 is 0. The summed E-state index contributed by atoms with van der Waals surface area (Å²) in [4.78, 5) is 48.0. The number of hydrogen-bond acceptors (Lipinski definition) is 7. The number of piperazine rings is 1. The molecule has 5 rings (SSSR count). The number of carbonyl (C=O) groups is 2. The first-order chi connectivity index (χ1) is 19.1. The second kappa shape index (κ2) is 10.7. The molecule has 0 radical (unpaired) electrons. The van der Waals surface area contributed by atoms with Crippen molar-refractivity contribution in [2.75, 3.05) is 31.1 Å². The van der Waals surface area contributed by atoms with E-state index >= 15 is 0 Å². The molecule has 1 saturated heterocycles. The van der Waals surface area contributed by atoms with Crippen LogP contribution in [0.5, 0.6) is 0 Å². The van der Waals surface area contributed by atoms with Gasteiger partial charge in [-0.2, -0.15) is 18.3 Å². The largest absolute Gasteiger partial charge is 0.495 e. The van der Waals surface area contributed by atoms with Crippen molar-refractivity contribution in [2.24, 2.45) is 0 Å². The average molecular weight is 557 g/mol. The zero-order valence-corrected chi connectivity index (χ0v) is 20.7. The van der Waals surface area contributed by atoms with Gasteiger partial charge in [0.15, 0.2) is 0 Å². The predicted molar refractivity (Wildman–Crippen MR) is 132 cm³/mol. The zero-order chi connectivity index (χ0) is 28.4. The second-order valence-electron chi connectivity index (χ2n) is 8.90. The molecule has 206 valence electrons. The number of carbonyl (C=O) groups excluding carboxylic acids is 2. The molecular formula is C26H21F4N6O4+. The van der Waals surface area contributed by atoms with Crippen LogP contribution in [0.4, 0.5) is 23.5 Å². The molecular weight excluding hydrogens is 536 g/mol. The summed E-state index contributed by atoms with van der Waals surface area (Å²) in [5, 5.41) is 4.65. The van der Waals surface area contributed by atoms with Gasteiger partial charge in [0.2, 0.25) is 5.43 Å². The topological polar surface area (TPSA) is 102 Å². The molecule has 2 aromatic heterocycles. The number of benzene rings is 2.